The molecule has 0 aromatic carbocycles. The molecule has 5 nitrogen and oxygen atoms in total. The van der Waals surface area contributed by atoms with Crippen LogP contribution in [-0.2, 0) is 6.42 Å². The Hall–Kier alpha value is -2.17. The first-order valence-electron chi connectivity index (χ1n) is 4.86. The third kappa shape index (κ3) is 1.93. The molecule has 0 aliphatic carbocycles. The highest BCUT2D eigenvalue weighted by molar-refractivity contribution is 6.00. The van der Waals surface area contributed by atoms with Gasteiger partial charge in [0, 0.05) is 11.3 Å². The minimum atomic E-state index is 0.382. The minimum absolute atomic E-state index is 0.382. The van der Waals surface area contributed by atoms with Crippen LogP contribution < -0.4 is 5.73 Å². The van der Waals surface area contributed by atoms with E-state index in [1.165, 1.54) is 6.20 Å². The first kappa shape index (κ1) is 10.4. The molecule has 0 amide bonds. The predicted molar refractivity (Wildman–Crippen MR) is 60.5 cm³/mol. The zero-order valence-corrected chi connectivity index (χ0v) is 8.90. The predicted octanol–water partition coefficient (Wildman–Crippen LogP) is 1.63. The third-order valence-electron chi connectivity index (χ3n) is 2.29. The number of nitrogens with two attached hydrogens (primary N) is 1. The normalized spacial score (nSPS) is 10.3. The van der Waals surface area contributed by atoms with E-state index < -0.39 is 0 Å². The summed E-state index contributed by atoms with van der Waals surface area (Å²) in [5, 5.41) is 15.4. The van der Waals surface area contributed by atoms with Gasteiger partial charge in [-0.2, -0.15) is 10.2 Å². The van der Waals surface area contributed by atoms with E-state index in [1.54, 1.807) is 13.2 Å². The maximum atomic E-state index is 7.55. The summed E-state index contributed by atoms with van der Waals surface area (Å²) in [7, 11) is 0. The van der Waals surface area contributed by atoms with Crippen LogP contribution in [0.2, 0.25) is 0 Å². The van der Waals surface area contributed by atoms with Crippen LogP contribution in [-0.4, -0.2) is 15.9 Å². The summed E-state index contributed by atoms with van der Waals surface area (Å²) in [6.07, 6.45) is 3.60. The number of anilines is 1. The molecule has 2 aromatic rings. The second-order valence-electron chi connectivity index (χ2n) is 3.50. The van der Waals surface area contributed by atoms with Crippen molar-refractivity contribution in [3.63, 3.8) is 0 Å². The maximum absolute atomic E-state index is 7.55. The molecule has 0 spiro atoms. The van der Waals surface area contributed by atoms with Crippen molar-refractivity contribution in [3.05, 3.63) is 41.6 Å². The van der Waals surface area contributed by atoms with E-state index >= 15 is 0 Å². The highest BCUT2D eigenvalue weighted by Gasteiger charge is 2.10. The minimum Gasteiger partial charge on any atom is -0.469 e. The van der Waals surface area contributed by atoms with Gasteiger partial charge in [0.1, 0.15) is 5.76 Å². The molecule has 2 rings (SSSR count). The third-order valence-corrected chi connectivity index (χ3v) is 2.29. The van der Waals surface area contributed by atoms with Gasteiger partial charge in [0.25, 0.3) is 0 Å². The second kappa shape index (κ2) is 4.14. The Balaban J connectivity index is 2.35. The van der Waals surface area contributed by atoms with E-state index in [0.29, 0.717) is 29.1 Å². The van der Waals surface area contributed by atoms with Crippen molar-refractivity contribution in [1.82, 2.24) is 10.2 Å². The summed E-state index contributed by atoms with van der Waals surface area (Å²) in [6.45, 7) is 1.67. The molecule has 0 aliphatic heterocycles. The monoisotopic (exact) mass is 216 g/mol. The number of nitrogens with one attached hydrogen (secondary N) is 1. The number of rotatable bonds is 3. The van der Waals surface area contributed by atoms with E-state index in [2.05, 4.69) is 10.2 Å². The molecule has 82 valence electrons. The van der Waals surface area contributed by atoms with Gasteiger partial charge in [-0.1, -0.05) is 0 Å². The van der Waals surface area contributed by atoms with E-state index in [4.69, 9.17) is 15.6 Å². The van der Waals surface area contributed by atoms with E-state index in [0.717, 1.165) is 5.76 Å². The van der Waals surface area contributed by atoms with Crippen molar-refractivity contribution < 1.29 is 4.42 Å². The Morgan fingerprint density at radius 3 is 3.00 bits per heavy atom. The fourth-order valence-electron chi connectivity index (χ4n) is 1.44. The van der Waals surface area contributed by atoms with Gasteiger partial charge >= 0.3 is 0 Å². The van der Waals surface area contributed by atoms with Crippen molar-refractivity contribution >= 4 is 11.4 Å². The summed E-state index contributed by atoms with van der Waals surface area (Å²) in [5.74, 6) is 0.779. The molecule has 0 bridgehead atoms. The standard InChI is InChI=1S/C11H12N4O/c1-7(12)9-6-14-15-10(11(9)13)5-8-3-2-4-16-8/h2-4,6,12H,5H2,1H3,(H2,13,14). The Kier molecular flexibility index (Phi) is 2.68. The Morgan fingerprint density at radius 1 is 1.56 bits per heavy atom. The first-order chi connectivity index (χ1) is 7.68. The molecule has 0 saturated carbocycles. The number of furan rings is 1. The summed E-state index contributed by atoms with van der Waals surface area (Å²) in [6, 6.07) is 3.66. The molecule has 0 atom stereocenters. The van der Waals surface area contributed by atoms with Crippen LogP contribution in [0.5, 0.6) is 0 Å². The lowest BCUT2D eigenvalue weighted by Crippen LogP contribution is -2.07. The van der Waals surface area contributed by atoms with Crippen molar-refractivity contribution in [2.45, 2.75) is 13.3 Å². The molecule has 16 heavy (non-hydrogen) atoms. The van der Waals surface area contributed by atoms with Crippen molar-refractivity contribution in [2.75, 3.05) is 5.73 Å². The van der Waals surface area contributed by atoms with Crippen molar-refractivity contribution in [2.24, 2.45) is 0 Å². The van der Waals surface area contributed by atoms with E-state index in [1.807, 2.05) is 12.1 Å². The molecule has 0 aliphatic rings. The fraction of sp³-hybridized carbons (Fsp3) is 0.182. The van der Waals surface area contributed by atoms with Gasteiger partial charge in [0.05, 0.1) is 30.3 Å². The highest BCUT2D eigenvalue weighted by atomic mass is 16.3. The SMILES string of the molecule is CC(=N)c1cnnc(Cc2ccco2)c1N. The lowest BCUT2D eigenvalue weighted by atomic mass is 10.1. The van der Waals surface area contributed by atoms with Gasteiger partial charge in [-0.15, -0.1) is 0 Å². The maximum Gasteiger partial charge on any atom is 0.109 e. The number of nitrogen functional groups attached to an aromatic ring is 1. The molecule has 5 heteroatoms. The molecular weight excluding hydrogens is 204 g/mol. The molecular formula is C11H12N4O. The van der Waals surface area contributed by atoms with Crippen LogP contribution in [0.15, 0.2) is 29.0 Å². The molecule has 2 heterocycles. The van der Waals surface area contributed by atoms with Crippen molar-refractivity contribution in [3.8, 4) is 0 Å². The second-order valence-corrected chi connectivity index (χ2v) is 3.50. The zero-order valence-electron chi connectivity index (χ0n) is 8.90. The summed E-state index contributed by atoms with van der Waals surface area (Å²) < 4.78 is 5.22. The summed E-state index contributed by atoms with van der Waals surface area (Å²) in [4.78, 5) is 0. The Labute approximate surface area is 92.8 Å². The number of aromatic nitrogens is 2. The number of hydrogen-bond donors (Lipinski definition) is 2. The van der Waals surface area contributed by atoms with Crippen LogP contribution in [0.4, 0.5) is 5.69 Å². The Morgan fingerprint density at radius 2 is 2.38 bits per heavy atom. The molecule has 0 fully saturated rings. The van der Waals surface area contributed by atoms with Gasteiger partial charge in [-0.25, -0.2) is 0 Å². The lowest BCUT2D eigenvalue weighted by Gasteiger charge is -2.06. The van der Waals surface area contributed by atoms with Gasteiger partial charge in [-0.05, 0) is 19.1 Å². The van der Waals surface area contributed by atoms with Gasteiger partial charge in [-0.3, -0.25) is 0 Å². The highest BCUT2D eigenvalue weighted by Crippen LogP contribution is 2.17. The Bertz CT molecular complexity index is 505. The largest absolute Gasteiger partial charge is 0.469 e. The topological polar surface area (TPSA) is 88.8 Å². The average molecular weight is 216 g/mol. The van der Waals surface area contributed by atoms with Crippen LogP contribution >= 0.6 is 0 Å². The number of nitrogens with zero attached hydrogens (tertiary/aromatic N) is 2. The molecule has 2 aromatic heterocycles. The zero-order chi connectivity index (χ0) is 11.5. The van der Waals surface area contributed by atoms with Gasteiger partial charge < -0.3 is 15.6 Å². The molecule has 0 unspecified atom stereocenters. The molecule has 3 N–H and O–H groups in total. The quantitative estimate of drug-likeness (QED) is 0.763. The van der Waals surface area contributed by atoms with Crippen LogP contribution in [0.1, 0.15) is 23.9 Å². The molecule has 0 radical (unpaired) electrons. The van der Waals surface area contributed by atoms with Crippen LogP contribution in [0.25, 0.3) is 0 Å². The van der Waals surface area contributed by atoms with E-state index in [-0.39, 0.29) is 0 Å². The molecule has 0 saturated heterocycles. The van der Waals surface area contributed by atoms with Gasteiger partial charge in [0.2, 0.25) is 0 Å². The summed E-state index contributed by atoms with van der Waals surface area (Å²) >= 11 is 0. The van der Waals surface area contributed by atoms with Crippen LogP contribution in [0, 0.1) is 5.41 Å². The van der Waals surface area contributed by atoms with E-state index in [9.17, 15) is 0 Å². The average Bonchev–Trinajstić information content (AvgIpc) is 2.73. The lowest BCUT2D eigenvalue weighted by molar-refractivity contribution is 0.518. The first-order valence-corrected chi connectivity index (χ1v) is 4.86. The summed E-state index contributed by atoms with van der Waals surface area (Å²) in [5.41, 5.74) is 8.06. The smallest absolute Gasteiger partial charge is 0.109 e. The van der Waals surface area contributed by atoms with Crippen LogP contribution in [0.3, 0.4) is 0 Å². The fourth-order valence-corrected chi connectivity index (χ4v) is 1.44. The number of hydrogen-bond acceptors (Lipinski definition) is 5. The van der Waals surface area contributed by atoms with Crippen molar-refractivity contribution in [1.29, 1.82) is 5.41 Å². The van der Waals surface area contributed by atoms with Gasteiger partial charge in [0.15, 0.2) is 0 Å².